The molecule has 32 heavy (non-hydrogen) atoms. The van der Waals surface area contributed by atoms with Gasteiger partial charge in [-0.25, -0.2) is 18.4 Å². The third-order valence-corrected chi connectivity index (χ3v) is 4.93. The number of halogens is 2. The van der Waals surface area contributed by atoms with E-state index in [1.165, 1.54) is 28.9 Å². The molecule has 0 aliphatic carbocycles. The fourth-order valence-corrected chi connectivity index (χ4v) is 3.37. The number of nitrogens with two attached hydrogens (primary N) is 1. The molecule has 0 aliphatic heterocycles. The lowest BCUT2D eigenvalue weighted by Gasteiger charge is -2.09. The fraction of sp³-hybridized carbons (Fsp3) is 0.0435. The maximum atomic E-state index is 13.5. The van der Waals surface area contributed by atoms with Crippen molar-refractivity contribution in [1.82, 2.24) is 24.7 Å². The molecule has 0 spiro atoms. The average molecular weight is 429 g/mol. The molecule has 3 heterocycles. The lowest BCUT2D eigenvalue weighted by molar-refractivity contribution is 0.627. The second kappa shape index (κ2) is 8.03. The van der Waals surface area contributed by atoms with Crippen LogP contribution in [0, 0.1) is 11.6 Å². The van der Waals surface area contributed by atoms with Crippen molar-refractivity contribution in [1.29, 1.82) is 0 Å². The van der Waals surface area contributed by atoms with Crippen LogP contribution in [-0.4, -0.2) is 24.7 Å². The molecule has 0 fully saturated rings. The average Bonchev–Trinajstić information content (AvgIpc) is 3.15. The third kappa shape index (κ3) is 3.71. The summed E-state index contributed by atoms with van der Waals surface area (Å²) in [6.07, 6.45) is 3.44. The van der Waals surface area contributed by atoms with Crippen molar-refractivity contribution >= 4 is 22.8 Å². The summed E-state index contributed by atoms with van der Waals surface area (Å²) in [7, 11) is 0. The number of aromatic nitrogens is 5. The zero-order valence-electron chi connectivity index (χ0n) is 16.7. The van der Waals surface area contributed by atoms with Crippen LogP contribution in [0.4, 0.5) is 20.5 Å². The number of nitrogens with zero attached hydrogens (tertiary/aromatic N) is 5. The quantitative estimate of drug-likeness (QED) is 0.431. The SMILES string of the molecule is Nc1c2c(-c3ccc(F)cc3)nc(NCc3cccnc3)nc2nn1-c1ccc(F)cc1. The van der Waals surface area contributed by atoms with Gasteiger partial charge in [0.2, 0.25) is 5.95 Å². The molecular formula is C23H17F2N7. The van der Waals surface area contributed by atoms with E-state index in [9.17, 15) is 8.78 Å². The van der Waals surface area contributed by atoms with E-state index in [-0.39, 0.29) is 11.6 Å². The van der Waals surface area contributed by atoms with Gasteiger partial charge in [0.15, 0.2) is 5.65 Å². The summed E-state index contributed by atoms with van der Waals surface area (Å²) in [5.74, 6) is -0.0872. The summed E-state index contributed by atoms with van der Waals surface area (Å²) in [5.41, 5.74) is 9.48. The van der Waals surface area contributed by atoms with Crippen LogP contribution in [-0.2, 0) is 6.54 Å². The lowest BCUT2D eigenvalue weighted by atomic mass is 10.1. The molecule has 0 saturated carbocycles. The Morgan fingerprint density at radius 1 is 0.906 bits per heavy atom. The van der Waals surface area contributed by atoms with E-state index >= 15 is 0 Å². The largest absolute Gasteiger partial charge is 0.383 e. The first-order chi connectivity index (χ1) is 15.6. The molecule has 5 aromatic rings. The van der Waals surface area contributed by atoms with E-state index < -0.39 is 0 Å². The van der Waals surface area contributed by atoms with Crippen LogP contribution in [0.2, 0.25) is 0 Å². The Labute approximate surface area is 181 Å². The molecular weight excluding hydrogens is 412 g/mol. The first-order valence-corrected chi connectivity index (χ1v) is 9.79. The smallest absolute Gasteiger partial charge is 0.225 e. The van der Waals surface area contributed by atoms with E-state index in [1.807, 2.05) is 12.1 Å². The van der Waals surface area contributed by atoms with Crippen LogP contribution in [0.25, 0.3) is 28.0 Å². The van der Waals surface area contributed by atoms with Gasteiger partial charge < -0.3 is 11.1 Å². The first-order valence-electron chi connectivity index (χ1n) is 9.79. The van der Waals surface area contributed by atoms with E-state index in [4.69, 9.17) is 5.73 Å². The minimum Gasteiger partial charge on any atom is -0.383 e. The van der Waals surface area contributed by atoms with Crippen molar-refractivity contribution < 1.29 is 8.78 Å². The normalized spacial score (nSPS) is 11.1. The van der Waals surface area contributed by atoms with Gasteiger partial charge in [-0.1, -0.05) is 6.07 Å². The van der Waals surface area contributed by atoms with Crippen LogP contribution >= 0.6 is 0 Å². The maximum absolute atomic E-state index is 13.5. The Balaban J connectivity index is 1.64. The highest BCUT2D eigenvalue weighted by Gasteiger charge is 2.19. The molecule has 158 valence electrons. The van der Waals surface area contributed by atoms with Crippen LogP contribution in [0.1, 0.15) is 5.56 Å². The minimum atomic E-state index is -0.363. The van der Waals surface area contributed by atoms with Gasteiger partial charge in [-0.15, -0.1) is 5.10 Å². The second-order valence-corrected chi connectivity index (χ2v) is 7.09. The fourth-order valence-electron chi connectivity index (χ4n) is 3.37. The zero-order chi connectivity index (χ0) is 22.1. The van der Waals surface area contributed by atoms with Crippen molar-refractivity contribution in [3.8, 4) is 16.9 Å². The summed E-state index contributed by atoms with van der Waals surface area (Å²) in [5, 5.41) is 8.22. The van der Waals surface area contributed by atoms with Crippen LogP contribution < -0.4 is 11.1 Å². The molecule has 0 radical (unpaired) electrons. The highest BCUT2D eigenvalue weighted by atomic mass is 19.1. The molecule has 7 nitrogen and oxygen atoms in total. The molecule has 3 N–H and O–H groups in total. The molecule has 0 bridgehead atoms. The molecule has 9 heteroatoms. The maximum Gasteiger partial charge on any atom is 0.225 e. The Kier molecular flexibility index (Phi) is 4.91. The van der Waals surface area contributed by atoms with Crippen molar-refractivity contribution in [2.45, 2.75) is 6.54 Å². The van der Waals surface area contributed by atoms with Crippen LogP contribution in [0.15, 0.2) is 73.1 Å². The van der Waals surface area contributed by atoms with Crippen LogP contribution in [0.5, 0.6) is 0 Å². The molecule has 2 aromatic carbocycles. The zero-order valence-corrected chi connectivity index (χ0v) is 16.7. The van der Waals surface area contributed by atoms with Gasteiger partial charge in [0, 0.05) is 24.5 Å². The second-order valence-electron chi connectivity index (χ2n) is 7.09. The number of nitrogens with one attached hydrogen (secondary N) is 1. The summed E-state index contributed by atoms with van der Waals surface area (Å²) in [6.45, 7) is 0.455. The predicted octanol–water partition coefficient (Wildman–Crippen LogP) is 4.35. The monoisotopic (exact) mass is 429 g/mol. The molecule has 0 saturated heterocycles. The number of hydrogen-bond acceptors (Lipinski definition) is 6. The number of pyridine rings is 1. The Bertz CT molecular complexity index is 1380. The molecule has 0 atom stereocenters. The molecule has 0 amide bonds. The lowest BCUT2D eigenvalue weighted by Crippen LogP contribution is -2.05. The van der Waals surface area contributed by atoms with E-state index in [0.29, 0.717) is 46.3 Å². The first kappa shape index (κ1) is 19.6. The number of fused-ring (bicyclic) bond motifs is 1. The Morgan fingerprint density at radius 3 is 2.31 bits per heavy atom. The van der Waals surface area contributed by atoms with Crippen molar-refractivity contribution in [2.75, 3.05) is 11.1 Å². The number of hydrogen-bond donors (Lipinski definition) is 2. The molecule has 0 unspecified atom stereocenters. The van der Waals surface area contributed by atoms with Gasteiger partial charge in [-0.2, -0.15) is 4.98 Å². The topological polar surface area (TPSA) is 94.5 Å². The highest BCUT2D eigenvalue weighted by Crippen LogP contribution is 2.33. The molecule has 5 rings (SSSR count). The number of nitrogen functional groups attached to an aromatic ring is 1. The van der Waals surface area contributed by atoms with Gasteiger partial charge in [0.25, 0.3) is 0 Å². The van der Waals surface area contributed by atoms with Gasteiger partial charge in [0.05, 0.1) is 16.8 Å². The van der Waals surface area contributed by atoms with Gasteiger partial charge >= 0.3 is 0 Å². The van der Waals surface area contributed by atoms with Crippen molar-refractivity contribution in [3.05, 3.63) is 90.3 Å². The predicted molar refractivity (Wildman–Crippen MR) is 118 cm³/mol. The third-order valence-electron chi connectivity index (χ3n) is 4.93. The van der Waals surface area contributed by atoms with E-state index in [1.54, 1.807) is 36.7 Å². The molecule has 0 aliphatic rings. The Hall–Kier alpha value is -4.40. The van der Waals surface area contributed by atoms with Crippen molar-refractivity contribution in [3.63, 3.8) is 0 Å². The standard InChI is InChI=1S/C23H17F2N7/c24-16-5-3-15(4-6-16)20-19-21(26)32(18-9-7-17(25)8-10-18)31-22(19)30-23(29-20)28-13-14-2-1-11-27-12-14/h1-12H,13,26H2,(H,28,30,31). The van der Waals surface area contributed by atoms with Gasteiger partial charge in [0.1, 0.15) is 17.5 Å². The summed E-state index contributed by atoms with van der Waals surface area (Å²) < 4.78 is 28.4. The van der Waals surface area contributed by atoms with Gasteiger partial charge in [-0.05, 0) is 60.2 Å². The Morgan fingerprint density at radius 2 is 1.62 bits per heavy atom. The minimum absolute atomic E-state index is 0.296. The summed E-state index contributed by atoms with van der Waals surface area (Å²) in [6, 6.07) is 15.5. The molecule has 3 aromatic heterocycles. The summed E-state index contributed by atoms with van der Waals surface area (Å²) in [4.78, 5) is 13.3. The summed E-state index contributed by atoms with van der Waals surface area (Å²) >= 11 is 0. The number of benzene rings is 2. The van der Waals surface area contributed by atoms with Crippen LogP contribution in [0.3, 0.4) is 0 Å². The highest BCUT2D eigenvalue weighted by molar-refractivity contribution is 5.99. The number of anilines is 2. The number of rotatable bonds is 5. The van der Waals surface area contributed by atoms with Crippen molar-refractivity contribution in [2.24, 2.45) is 0 Å². The van der Waals surface area contributed by atoms with E-state index in [0.717, 1.165) is 5.56 Å². The van der Waals surface area contributed by atoms with Gasteiger partial charge in [-0.3, -0.25) is 4.98 Å². The van der Waals surface area contributed by atoms with E-state index in [2.05, 4.69) is 25.4 Å².